The van der Waals surface area contributed by atoms with Gasteiger partial charge in [0, 0.05) is 39.3 Å². The number of hydrogen-bond acceptors (Lipinski definition) is 8. The van der Waals surface area contributed by atoms with Crippen molar-refractivity contribution in [1.29, 1.82) is 0 Å². The molecule has 2 aromatic rings. The Morgan fingerprint density at radius 3 is 2.27 bits per heavy atom. The van der Waals surface area contributed by atoms with Gasteiger partial charge in [-0.2, -0.15) is 13.2 Å². The molecule has 0 spiro atoms. The van der Waals surface area contributed by atoms with Gasteiger partial charge in [-0.1, -0.05) is 11.3 Å². The molecule has 2 aliphatic heterocycles. The maximum Gasteiger partial charge on any atom is 0.435 e. The van der Waals surface area contributed by atoms with Crippen molar-refractivity contribution in [2.45, 2.75) is 25.4 Å². The highest BCUT2D eigenvalue weighted by Gasteiger charge is 2.40. The van der Waals surface area contributed by atoms with E-state index in [1.54, 1.807) is 17.0 Å². The number of hydrogen-bond donors (Lipinski definition) is 1. The second kappa shape index (κ2) is 9.41. The quantitative estimate of drug-likeness (QED) is 0.711. The van der Waals surface area contributed by atoms with E-state index in [2.05, 4.69) is 15.3 Å². The van der Waals surface area contributed by atoms with Crippen molar-refractivity contribution in [3.05, 3.63) is 28.9 Å². The Morgan fingerprint density at radius 1 is 1.00 bits per heavy atom. The number of piperidine rings is 1. The van der Waals surface area contributed by atoms with Crippen molar-refractivity contribution < 1.29 is 27.9 Å². The lowest BCUT2D eigenvalue weighted by atomic mass is 10.1. The minimum Gasteiger partial charge on any atom is -0.530 e. The predicted octanol–water partition coefficient (Wildman–Crippen LogP) is 2.26. The zero-order valence-corrected chi connectivity index (χ0v) is 18.4. The number of pyridine rings is 1. The van der Waals surface area contributed by atoms with E-state index >= 15 is 0 Å². The summed E-state index contributed by atoms with van der Waals surface area (Å²) in [4.78, 5) is 36.0. The number of carbonyl (C=O) groups is 2. The van der Waals surface area contributed by atoms with Gasteiger partial charge < -0.3 is 29.9 Å². The molecular weight excluding hydrogens is 461 g/mol. The molecule has 2 amide bonds. The standard InChI is InChI=1S/C20H23F3N6O3S/c21-20(22,23)16-15(33-18(26-16)28-6-2-1-3-7-28)17(30)25-13-4-5-14(24-12-13)27-8-10-29(11-9-27)19(31)32/h4-5,12H,1-3,6-11H2,(H,25,30)(H,31,32)/p-1. The van der Waals surface area contributed by atoms with Gasteiger partial charge in [0.1, 0.15) is 16.8 Å². The number of anilines is 3. The number of nitrogens with one attached hydrogen (secondary N) is 1. The molecule has 0 aliphatic carbocycles. The third-order valence-electron chi connectivity index (χ3n) is 5.58. The van der Waals surface area contributed by atoms with Crippen LogP contribution in [0.2, 0.25) is 0 Å². The Kier molecular flexibility index (Phi) is 6.58. The van der Waals surface area contributed by atoms with Gasteiger partial charge in [0.15, 0.2) is 10.8 Å². The van der Waals surface area contributed by atoms with Crippen LogP contribution >= 0.6 is 11.3 Å². The van der Waals surface area contributed by atoms with Crippen LogP contribution in [0.1, 0.15) is 34.6 Å². The van der Waals surface area contributed by atoms with Crippen molar-refractivity contribution >= 4 is 40.0 Å². The van der Waals surface area contributed by atoms with Crippen molar-refractivity contribution in [2.75, 3.05) is 54.4 Å². The van der Waals surface area contributed by atoms with E-state index in [1.165, 1.54) is 11.1 Å². The van der Waals surface area contributed by atoms with Crippen molar-refractivity contribution in [1.82, 2.24) is 14.9 Å². The molecule has 2 fully saturated rings. The molecule has 4 rings (SSSR count). The summed E-state index contributed by atoms with van der Waals surface area (Å²) >= 11 is 0.745. The molecule has 0 aromatic carbocycles. The fraction of sp³-hybridized carbons (Fsp3) is 0.500. The number of halogens is 3. The van der Waals surface area contributed by atoms with Crippen LogP contribution in [-0.4, -0.2) is 66.1 Å². The predicted molar refractivity (Wildman–Crippen MR) is 115 cm³/mol. The summed E-state index contributed by atoms with van der Waals surface area (Å²) in [5, 5.41) is 13.6. The molecule has 1 N–H and O–H groups in total. The molecule has 178 valence electrons. The average molecular weight is 483 g/mol. The monoisotopic (exact) mass is 483 g/mol. The lowest BCUT2D eigenvalue weighted by Crippen LogP contribution is -2.52. The lowest BCUT2D eigenvalue weighted by Gasteiger charge is -2.36. The first-order chi connectivity index (χ1) is 15.7. The van der Waals surface area contributed by atoms with Gasteiger partial charge in [-0.3, -0.25) is 4.79 Å². The maximum atomic E-state index is 13.5. The van der Waals surface area contributed by atoms with E-state index in [-0.39, 0.29) is 23.9 Å². The molecule has 2 aromatic heterocycles. The number of alkyl halides is 3. The molecule has 2 saturated heterocycles. The molecular formula is C20H22F3N6O3S-. The Balaban J connectivity index is 1.45. The Morgan fingerprint density at radius 2 is 1.70 bits per heavy atom. The number of thiazole rings is 1. The molecule has 2 aliphatic rings. The first-order valence-corrected chi connectivity index (χ1v) is 11.4. The second-order valence-electron chi connectivity index (χ2n) is 7.82. The first kappa shape index (κ1) is 23.1. The number of carboxylic acid groups (broad SMARTS) is 1. The SMILES string of the molecule is O=C(Nc1ccc(N2CCN(C(=O)[O-])CC2)nc1)c1sc(N2CCCCC2)nc1C(F)(F)F. The Labute approximate surface area is 191 Å². The third kappa shape index (κ3) is 5.29. The molecule has 0 bridgehead atoms. The fourth-order valence-electron chi connectivity index (χ4n) is 3.83. The summed E-state index contributed by atoms with van der Waals surface area (Å²) in [7, 11) is 0. The number of aromatic nitrogens is 2. The van der Waals surface area contributed by atoms with Crippen LogP contribution in [0.5, 0.6) is 0 Å². The highest BCUT2D eigenvalue weighted by Crippen LogP contribution is 2.38. The van der Waals surface area contributed by atoms with E-state index in [1.807, 2.05) is 4.90 Å². The van der Waals surface area contributed by atoms with Gasteiger partial charge in [-0.15, -0.1) is 0 Å². The molecule has 4 heterocycles. The Bertz CT molecular complexity index is 999. The largest absolute Gasteiger partial charge is 0.530 e. The molecule has 0 unspecified atom stereocenters. The average Bonchev–Trinajstić information content (AvgIpc) is 3.27. The van der Waals surface area contributed by atoms with E-state index < -0.39 is 28.7 Å². The number of amides is 2. The molecule has 33 heavy (non-hydrogen) atoms. The molecule has 9 nitrogen and oxygen atoms in total. The zero-order valence-electron chi connectivity index (χ0n) is 17.6. The van der Waals surface area contributed by atoms with E-state index in [0.29, 0.717) is 32.0 Å². The number of piperazine rings is 1. The van der Waals surface area contributed by atoms with Crippen LogP contribution in [0.4, 0.5) is 34.6 Å². The highest BCUT2D eigenvalue weighted by molar-refractivity contribution is 7.17. The van der Waals surface area contributed by atoms with Gasteiger partial charge in [-0.05, 0) is 31.4 Å². The van der Waals surface area contributed by atoms with Crippen LogP contribution in [0.25, 0.3) is 0 Å². The highest BCUT2D eigenvalue weighted by atomic mass is 32.1. The summed E-state index contributed by atoms with van der Waals surface area (Å²) in [6.45, 7) is 2.67. The van der Waals surface area contributed by atoms with E-state index in [0.717, 1.165) is 30.6 Å². The molecule has 0 saturated carbocycles. The van der Waals surface area contributed by atoms with Crippen molar-refractivity contribution in [2.24, 2.45) is 0 Å². The summed E-state index contributed by atoms with van der Waals surface area (Å²) < 4.78 is 40.6. The number of rotatable bonds is 4. The third-order valence-corrected chi connectivity index (χ3v) is 6.70. The van der Waals surface area contributed by atoms with E-state index in [4.69, 9.17) is 0 Å². The van der Waals surface area contributed by atoms with Crippen LogP contribution in [0, 0.1) is 0 Å². The van der Waals surface area contributed by atoms with Crippen molar-refractivity contribution in [3.8, 4) is 0 Å². The van der Waals surface area contributed by atoms with E-state index in [9.17, 15) is 27.9 Å². The van der Waals surface area contributed by atoms with Gasteiger partial charge in [0.25, 0.3) is 5.91 Å². The minimum absolute atomic E-state index is 0.205. The zero-order chi connectivity index (χ0) is 23.6. The smallest absolute Gasteiger partial charge is 0.435 e. The Hall–Kier alpha value is -3.09. The maximum absolute atomic E-state index is 13.5. The summed E-state index contributed by atoms with van der Waals surface area (Å²) in [6, 6.07) is 3.17. The normalized spacial score (nSPS) is 17.2. The molecule has 0 radical (unpaired) electrons. The summed E-state index contributed by atoms with van der Waals surface area (Å²) in [5.41, 5.74) is -0.931. The van der Waals surface area contributed by atoms with Gasteiger partial charge in [0.05, 0.1) is 11.9 Å². The molecule has 13 heteroatoms. The van der Waals surface area contributed by atoms with Gasteiger partial charge in [-0.25, -0.2) is 9.97 Å². The van der Waals surface area contributed by atoms with Crippen LogP contribution < -0.4 is 20.2 Å². The van der Waals surface area contributed by atoms with Crippen LogP contribution in [-0.2, 0) is 6.18 Å². The van der Waals surface area contributed by atoms with Gasteiger partial charge in [0.2, 0.25) is 0 Å². The summed E-state index contributed by atoms with van der Waals surface area (Å²) in [5.74, 6) is -0.313. The molecule has 0 atom stereocenters. The van der Waals surface area contributed by atoms with Crippen LogP contribution in [0.3, 0.4) is 0 Å². The number of nitrogens with zero attached hydrogens (tertiary/aromatic N) is 5. The second-order valence-corrected chi connectivity index (χ2v) is 8.80. The fourth-order valence-corrected chi connectivity index (χ4v) is 4.86. The van der Waals surface area contributed by atoms with Crippen molar-refractivity contribution in [3.63, 3.8) is 0 Å². The summed E-state index contributed by atoms with van der Waals surface area (Å²) in [6.07, 6.45) is -1.82. The topological polar surface area (TPSA) is 105 Å². The van der Waals surface area contributed by atoms with Gasteiger partial charge >= 0.3 is 6.18 Å². The van der Waals surface area contributed by atoms with Crippen LogP contribution in [0.15, 0.2) is 18.3 Å². The number of carbonyl (C=O) groups excluding carboxylic acids is 2. The lowest BCUT2D eigenvalue weighted by molar-refractivity contribution is -0.265. The minimum atomic E-state index is -4.74. The first-order valence-electron chi connectivity index (χ1n) is 10.5.